The first-order chi connectivity index (χ1) is 15.6. The molecule has 0 unspecified atom stereocenters. The molecule has 1 rings (SSSR count). The molecule has 2 heteroatoms. The van der Waals surface area contributed by atoms with Crippen LogP contribution in [0.15, 0.2) is 79.4 Å². The Morgan fingerprint density at radius 1 is 0.765 bits per heavy atom. The fourth-order valence-corrected chi connectivity index (χ4v) is 3.30. The molecule has 0 radical (unpaired) electrons. The Hall–Kier alpha value is -2.22. The van der Waals surface area contributed by atoms with Gasteiger partial charge in [0.1, 0.15) is 0 Å². The molecule has 0 aliphatic heterocycles. The number of nitrogens with zero attached hydrogens (tertiary/aromatic N) is 2. The molecule has 0 heterocycles. The first kappa shape index (κ1) is 31.8. The number of rotatable bonds is 5. The molecule has 0 bridgehead atoms. The molecule has 2 nitrogen and oxygen atoms in total. The zero-order valence-corrected chi connectivity index (χ0v) is 25.0. The van der Waals surface area contributed by atoms with E-state index in [9.17, 15) is 0 Å². The van der Waals surface area contributed by atoms with Gasteiger partial charge in [0, 0.05) is 24.7 Å². The predicted octanol–water partition coefficient (Wildman–Crippen LogP) is 9.68. The van der Waals surface area contributed by atoms with Gasteiger partial charge in [-0.2, -0.15) is 0 Å². The van der Waals surface area contributed by atoms with Crippen molar-refractivity contribution in [2.45, 2.75) is 96.9 Å². The lowest BCUT2D eigenvalue weighted by atomic mass is 9.82. The molecule has 0 amide bonds. The maximum atomic E-state index is 4.90. The van der Waals surface area contributed by atoms with Crippen molar-refractivity contribution in [1.29, 1.82) is 0 Å². The van der Waals surface area contributed by atoms with Gasteiger partial charge in [-0.15, -0.1) is 0 Å². The zero-order chi connectivity index (χ0) is 26.9. The van der Waals surface area contributed by atoms with Crippen molar-refractivity contribution in [3.63, 3.8) is 0 Å². The average Bonchev–Trinajstić information content (AvgIpc) is 2.75. The molecule has 0 saturated heterocycles. The Bertz CT molecular complexity index is 953. The number of hydrogen-bond acceptors (Lipinski definition) is 2. The van der Waals surface area contributed by atoms with Gasteiger partial charge in [0.15, 0.2) is 0 Å². The summed E-state index contributed by atoms with van der Waals surface area (Å²) < 4.78 is 0. The molecular formula is C32H52N2. The van der Waals surface area contributed by atoms with Crippen LogP contribution in [0.3, 0.4) is 0 Å². The van der Waals surface area contributed by atoms with Crippen LogP contribution >= 0.6 is 0 Å². The SMILES string of the molecule is CC.CCN=C1C(/C(C)=C/C=C(\C)C(C)(C)C)=CC(C)=C(/C(C)=C/C=C(\C)C(C)(C)C)C1=NC. The monoisotopic (exact) mass is 464 g/mol. The van der Waals surface area contributed by atoms with E-state index in [4.69, 9.17) is 9.98 Å². The molecule has 0 spiro atoms. The third-order valence-electron chi connectivity index (χ3n) is 6.36. The smallest absolute Gasteiger partial charge is 0.0907 e. The highest BCUT2D eigenvalue weighted by Gasteiger charge is 2.25. The van der Waals surface area contributed by atoms with E-state index in [1.54, 1.807) is 0 Å². The highest BCUT2D eigenvalue weighted by Crippen LogP contribution is 2.31. The van der Waals surface area contributed by atoms with Crippen LogP contribution in [0.4, 0.5) is 0 Å². The highest BCUT2D eigenvalue weighted by molar-refractivity contribution is 6.56. The summed E-state index contributed by atoms with van der Waals surface area (Å²) in [5, 5.41) is 0. The van der Waals surface area contributed by atoms with Crippen LogP contribution in [0.5, 0.6) is 0 Å². The summed E-state index contributed by atoms with van der Waals surface area (Å²) in [7, 11) is 1.88. The van der Waals surface area contributed by atoms with E-state index in [2.05, 4.69) is 113 Å². The largest absolute Gasteiger partial charge is 0.286 e. The molecule has 0 aromatic carbocycles. The van der Waals surface area contributed by atoms with Gasteiger partial charge in [-0.3, -0.25) is 9.98 Å². The van der Waals surface area contributed by atoms with Crippen molar-refractivity contribution < 1.29 is 0 Å². The van der Waals surface area contributed by atoms with E-state index in [-0.39, 0.29) is 10.8 Å². The van der Waals surface area contributed by atoms with Crippen molar-refractivity contribution in [3.05, 3.63) is 69.4 Å². The van der Waals surface area contributed by atoms with Gasteiger partial charge in [0.05, 0.1) is 11.4 Å². The number of allylic oxidation sites excluding steroid dienone is 12. The van der Waals surface area contributed by atoms with Crippen molar-refractivity contribution >= 4 is 11.4 Å². The van der Waals surface area contributed by atoms with E-state index in [1.807, 2.05) is 20.9 Å². The third-order valence-corrected chi connectivity index (χ3v) is 6.36. The van der Waals surface area contributed by atoms with Crippen LogP contribution < -0.4 is 0 Å². The van der Waals surface area contributed by atoms with Gasteiger partial charge in [-0.05, 0) is 75.2 Å². The van der Waals surface area contributed by atoms with Gasteiger partial charge in [-0.25, -0.2) is 0 Å². The highest BCUT2D eigenvalue weighted by atomic mass is 14.8. The maximum absolute atomic E-state index is 4.90. The lowest BCUT2D eigenvalue weighted by Gasteiger charge is -2.24. The summed E-state index contributed by atoms with van der Waals surface area (Å²) in [5.41, 5.74) is 11.1. The number of aliphatic imine (C=N–C) groups is 2. The van der Waals surface area contributed by atoms with Gasteiger partial charge in [0.25, 0.3) is 0 Å². The van der Waals surface area contributed by atoms with Crippen LogP contribution in [-0.4, -0.2) is 25.0 Å². The van der Waals surface area contributed by atoms with E-state index < -0.39 is 0 Å². The molecule has 1 aliphatic rings. The van der Waals surface area contributed by atoms with Gasteiger partial charge in [-0.1, -0.05) is 90.8 Å². The van der Waals surface area contributed by atoms with Gasteiger partial charge < -0.3 is 0 Å². The van der Waals surface area contributed by atoms with E-state index in [1.165, 1.54) is 39.0 Å². The van der Waals surface area contributed by atoms with Crippen LogP contribution in [0, 0.1) is 10.8 Å². The Labute approximate surface area is 212 Å². The van der Waals surface area contributed by atoms with Crippen LogP contribution in [-0.2, 0) is 0 Å². The van der Waals surface area contributed by atoms with Crippen LogP contribution in [0.25, 0.3) is 0 Å². The van der Waals surface area contributed by atoms with Crippen LogP contribution in [0.2, 0.25) is 0 Å². The summed E-state index contributed by atoms with van der Waals surface area (Å²) in [6.45, 7) is 31.2. The normalized spacial score (nSPS) is 19.4. The molecule has 1 aliphatic carbocycles. The topological polar surface area (TPSA) is 24.7 Å². The molecule has 0 N–H and O–H groups in total. The average molecular weight is 465 g/mol. The second-order valence-corrected chi connectivity index (χ2v) is 10.9. The second kappa shape index (κ2) is 13.6. The minimum Gasteiger partial charge on any atom is -0.286 e. The molecule has 0 atom stereocenters. The predicted molar refractivity (Wildman–Crippen MR) is 157 cm³/mol. The molecule has 0 aromatic rings. The maximum Gasteiger partial charge on any atom is 0.0907 e. The fourth-order valence-electron chi connectivity index (χ4n) is 3.30. The van der Waals surface area contributed by atoms with E-state index >= 15 is 0 Å². The fraction of sp³-hybridized carbons (Fsp3) is 0.562. The zero-order valence-electron chi connectivity index (χ0n) is 25.0. The summed E-state index contributed by atoms with van der Waals surface area (Å²) in [6, 6.07) is 0. The second-order valence-electron chi connectivity index (χ2n) is 10.9. The van der Waals surface area contributed by atoms with Crippen molar-refractivity contribution in [1.82, 2.24) is 0 Å². The Balaban J connectivity index is 0.00000529. The van der Waals surface area contributed by atoms with E-state index in [0.29, 0.717) is 0 Å². The standard InChI is InChI=1S/C30H46N2.C2H6/c1-14-32-27-25(20(2)15-17-23(5)29(7,8)9)19-22(4)26(28(27)31-13)21(3)16-18-24(6)30(10,11)12;1-2/h15-19H,14H2,1-13H3;1-2H3/b20-15+,21-16+,23-17+,24-18+,31-28?,32-27?;. The van der Waals surface area contributed by atoms with Gasteiger partial charge >= 0.3 is 0 Å². The molecule has 190 valence electrons. The Morgan fingerprint density at radius 3 is 1.59 bits per heavy atom. The Kier molecular flexibility index (Phi) is 12.7. The van der Waals surface area contributed by atoms with Crippen LogP contribution in [0.1, 0.15) is 96.9 Å². The van der Waals surface area contributed by atoms with Crippen molar-refractivity contribution in [2.24, 2.45) is 20.8 Å². The van der Waals surface area contributed by atoms with Gasteiger partial charge in [0.2, 0.25) is 0 Å². The van der Waals surface area contributed by atoms with E-state index in [0.717, 1.165) is 18.0 Å². The lowest BCUT2D eigenvalue weighted by molar-refractivity contribution is 0.504. The first-order valence-electron chi connectivity index (χ1n) is 12.8. The molecule has 34 heavy (non-hydrogen) atoms. The Morgan fingerprint density at radius 2 is 1.21 bits per heavy atom. The molecule has 0 saturated carbocycles. The van der Waals surface area contributed by atoms with Crippen molar-refractivity contribution in [3.8, 4) is 0 Å². The van der Waals surface area contributed by atoms with Crippen molar-refractivity contribution in [2.75, 3.05) is 13.6 Å². The summed E-state index contributed by atoms with van der Waals surface area (Å²) >= 11 is 0. The first-order valence-corrected chi connectivity index (χ1v) is 12.8. The third kappa shape index (κ3) is 8.85. The summed E-state index contributed by atoms with van der Waals surface area (Å²) in [6.07, 6.45) is 11.2. The minimum atomic E-state index is 0.164. The quantitative estimate of drug-likeness (QED) is 0.286. The molecule has 0 fully saturated rings. The number of hydrogen-bond donors (Lipinski definition) is 0. The summed E-state index contributed by atoms with van der Waals surface area (Å²) in [4.78, 5) is 9.62. The molecule has 0 aromatic heterocycles. The lowest BCUT2D eigenvalue weighted by Crippen LogP contribution is -2.25. The minimum absolute atomic E-state index is 0.164. The summed E-state index contributed by atoms with van der Waals surface area (Å²) in [5.74, 6) is 0. The molecular weight excluding hydrogens is 412 g/mol.